The molecule has 0 nitrogen and oxygen atoms in total. The minimum absolute atomic E-state index is 0.486. The van der Waals surface area contributed by atoms with E-state index in [0.29, 0.717) is 10.8 Å². The zero-order valence-corrected chi connectivity index (χ0v) is 17.6. The fraction of sp³-hybridized carbons (Fsp3) is 1.00. The zero-order valence-electron chi connectivity index (χ0n) is 17.6. The van der Waals surface area contributed by atoms with Gasteiger partial charge in [-0.15, -0.1) is 0 Å². The molecule has 0 radical (unpaired) electrons. The molecule has 0 N–H and O–H groups in total. The number of rotatable bonds is 11. The first-order valence-electron chi connectivity index (χ1n) is 10.1. The molecule has 0 aliphatic carbocycles. The molecule has 0 aliphatic rings. The van der Waals surface area contributed by atoms with E-state index in [9.17, 15) is 0 Å². The van der Waals surface area contributed by atoms with E-state index in [4.69, 9.17) is 0 Å². The highest BCUT2D eigenvalue weighted by molar-refractivity contribution is 4.92. The van der Waals surface area contributed by atoms with Gasteiger partial charge in [0.1, 0.15) is 0 Å². The summed E-state index contributed by atoms with van der Waals surface area (Å²) in [6.07, 6.45) is 8.08. The summed E-state index contributed by atoms with van der Waals surface area (Å²) in [5.41, 5.74) is 1.02. The van der Waals surface area contributed by atoms with Gasteiger partial charge in [0.15, 0.2) is 0 Å². The SMILES string of the molecule is CCCC(CC)(CC(C)C(C)(CC)C(C)CC)C(C)C(C)C. The van der Waals surface area contributed by atoms with Crippen LogP contribution < -0.4 is 0 Å². The van der Waals surface area contributed by atoms with Gasteiger partial charge in [0, 0.05) is 0 Å². The Bertz CT molecular complexity index is 292. The first kappa shape index (κ1) is 22.0. The lowest BCUT2D eigenvalue weighted by Gasteiger charge is -2.48. The Kier molecular flexibility index (Phi) is 9.33. The summed E-state index contributed by atoms with van der Waals surface area (Å²) < 4.78 is 0. The van der Waals surface area contributed by atoms with Gasteiger partial charge in [-0.05, 0) is 47.3 Å². The van der Waals surface area contributed by atoms with Crippen LogP contribution in [-0.4, -0.2) is 0 Å². The summed E-state index contributed by atoms with van der Waals surface area (Å²) in [6, 6.07) is 0. The monoisotopic (exact) mass is 310 g/mol. The molecule has 0 aromatic carbocycles. The van der Waals surface area contributed by atoms with Crippen molar-refractivity contribution in [2.24, 2.45) is 34.5 Å². The third-order valence-electron chi connectivity index (χ3n) is 7.76. The van der Waals surface area contributed by atoms with Gasteiger partial charge >= 0.3 is 0 Å². The van der Waals surface area contributed by atoms with Gasteiger partial charge in [0.25, 0.3) is 0 Å². The van der Waals surface area contributed by atoms with Crippen molar-refractivity contribution in [1.82, 2.24) is 0 Å². The van der Waals surface area contributed by atoms with Crippen molar-refractivity contribution < 1.29 is 0 Å². The molecular weight excluding hydrogens is 264 g/mol. The first-order valence-corrected chi connectivity index (χ1v) is 10.1. The fourth-order valence-electron chi connectivity index (χ4n) is 4.86. The minimum Gasteiger partial charge on any atom is -0.0654 e. The van der Waals surface area contributed by atoms with E-state index in [1.165, 1.54) is 38.5 Å². The van der Waals surface area contributed by atoms with E-state index in [1.807, 2.05) is 0 Å². The molecule has 0 heterocycles. The van der Waals surface area contributed by atoms with Gasteiger partial charge in [-0.2, -0.15) is 0 Å². The van der Waals surface area contributed by atoms with E-state index < -0.39 is 0 Å². The molecule has 22 heavy (non-hydrogen) atoms. The van der Waals surface area contributed by atoms with Crippen LogP contribution in [0.1, 0.15) is 108 Å². The van der Waals surface area contributed by atoms with Gasteiger partial charge in [0.2, 0.25) is 0 Å². The van der Waals surface area contributed by atoms with E-state index in [2.05, 4.69) is 69.2 Å². The maximum absolute atomic E-state index is 2.55. The standard InChI is InChI=1S/C22H46/c1-11-15-22(14-4,20(9)17(5)6)16-19(8)21(10,13-3)18(7)12-2/h17-20H,11-16H2,1-10H3. The largest absolute Gasteiger partial charge is 0.0654 e. The molecule has 0 heteroatoms. The predicted octanol–water partition coefficient (Wildman–Crippen LogP) is 7.96. The first-order chi connectivity index (χ1) is 10.1. The molecule has 0 amide bonds. The summed E-state index contributed by atoms with van der Waals surface area (Å²) in [7, 11) is 0. The Balaban J connectivity index is 5.45. The molecular formula is C22H46. The lowest BCUT2D eigenvalue weighted by Crippen LogP contribution is -2.39. The Hall–Kier alpha value is 0. The van der Waals surface area contributed by atoms with Crippen molar-refractivity contribution in [2.45, 2.75) is 108 Å². The van der Waals surface area contributed by atoms with Crippen LogP contribution in [0.25, 0.3) is 0 Å². The second-order valence-corrected chi connectivity index (χ2v) is 8.77. The summed E-state index contributed by atoms with van der Waals surface area (Å²) >= 11 is 0. The van der Waals surface area contributed by atoms with Crippen LogP contribution in [0.5, 0.6) is 0 Å². The molecule has 0 rings (SSSR count). The van der Waals surface area contributed by atoms with Gasteiger partial charge in [-0.25, -0.2) is 0 Å². The van der Waals surface area contributed by atoms with Crippen LogP contribution in [0, 0.1) is 34.5 Å². The van der Waals surface area contributed by atoms with Gasteiger partial charge in [-0.3, -0.25) is 0 Å². The molecule has 0 bridgehead atoms. The van der Waals surface area contributed by atoms with Crippen molar-refractivity contribution in [3.05, 3.63) is 0 Å². The number of hydrogen-bond acceptors (Lipinski definition) is 0. The number of hydrogen-bond donors (Lipinski definition) is 0. The van der Waals surface area contributed by atoms with Crippen LogP contribution >= 0.6 is 0 Å². The third kappa shape index (κ3) is 4.75. The van der Waals surface area contributed by atoms with Crippen LogP contribution in [0.2, 0.25) is 0 Å². The molecule has 0 aromatic rings. The average molecular weight is 311 g/mol. The van der Waals surface area contributed by atoms with Crippen LogP contribution in [-0.2, 0) is 0 Å². The summed E-state index contributed by atoms with van der Waals surface area (Å²) in [5, 5.41) is 0. The quantitative estimate of drug-likeness (QED) is 0.363. The summed E-state index contributed by atoms with van der Waals surface area (Å²) in [4.78, 5) is 0. The highest BCUT2D eigenvalue weighted by Gasteiger charge is 2.42. The average Bonchev–Trinajstić information content (AvgIpc) is 2.51. The van der Waals surface area contributed by atoms with Crippen molar-refractivity contribution in [2.75, 3.05) is 0 Å². The van der Waals surface area contributed by atoms with E-state index in [-0.39, 0.29) is 0 Å². The molecule has 5 unspecified atom stereocenters. The normalized spacial score (nSPS) is 22.0. The minimum atomic E-state index is 0.486. The van der Waals surface area contributed by atoms with Crippen LogP contribution in [0.4, 0.5) is 0 Å². The Labute approximate surface area is 142 Å². The van der Waals surface area contributed by atoms with Crippen LogP contribution in [0.15, 0.2) is 0 Å². The second kappa shape index (κ2) is 9.33. The van der Waals surface area contributed by atoms with Crippen molar-refractivity contribution >= 4 is 0 Å². The Morgan fingerprint density at radius 3 is 1.64 bits per heavy atom. The summed E-state index contributed by atoms with van der Waals surface area (Å²) in [6.45, 7) is 24.5. The highest BCUT2D eigenvalue weighted by atomic mass is 14.5. The molecule has 0 spiro atoms. The maximum Gasteiger partial charge on any atom is -0.0269 e. The maximum atomic E-state index is 2.55. The topological polar surface area (TPSA) is 0 Å². The van der Waals surface area contributed by atoms with E-state index in [0.717, 1.165) is 23.7 Å². The second-order valence-electron chi connectivity index (χ2n) is 8.77. The Morgan fingerprint density at radius 1 is 0.773 bits per heavy atom. The molecule has 0 saturated heterocycles. The predicted molar refractivity (Wildman–Crippen MR) is 103 cm³/mol. The van der Waals surface area contributed by atoms with Gasteiger partial charge in [0.05, 0.1) is 0 Å². The lowest BCUT2D eigenvalue weighted by atomic mass is 9.57. The smallest absolute Gasteiger partial charge is 0.0269 e. The van der Waals surface area contributed by atoms with Crippen LogP contribution in [0.3, 0.4) is 0 Å². The van der Waals surface area contributed by atoms with Crippen molar-refractivity contribution in [3.8, 4) is 0 Å². The molecule has 134 valence electrons. The lowest BCUT2D eigenvalue weighted by molar-refractivity contribution is 0.0146. The van der Waals surface area contributed by atoms with E-state index >= 15 is 0 Å². The zero-order chi connectivity index (χ0) is 17.6. The molecule has 0 fully saturated rings. The Morgan fingerprint density at radius 2 is 1.32 bits per heavy atom. The van der Waals surface area contributed by atoms with Crippen molar-refractivity contribution in [3.63, 3.8) is 0 Å². The van der Waals surface area contributed by atoms with Gasteiger partial charge < -0.3 is 0 Å². The molecule has 0 saturated carbocycles. The summed E-state index contributed by atoms with van der Waals surface area (Å²) in [5.74, 6) is 3.23. The fourth-order valence-corrected chi connectivity index (χ4v) is 4.86. The highest BCUT2D eigenvalue weighted by Crippen LogP contribution is 2.51. The van der Waals surface area contributed by atoms with Crippen molar-refractivity contribution in [1.29, 1.82) is 0 Å². The third-order valence-corrected chi connectivity index (χ3v) is 7.76. The van der Waals surface area contributed by atoms with Gasteiger partial charge in [-0.1, -0.05) is 94.9 Å². The molecule has 0 aliphatic heterocycles. The molecule has 0 aromatic heterocycles. The van der Waals surface area contributed by atoms with E-state index in [1.54, 1.807) is 0 Å². The molecule has 5 atom stereocenters.